The molecule has 1 aromatic rings. The van der Waals surface area contributed by atoms with Crippen LogP contribution in [0.25, 0.3) is 0 Å². The van der Waals surface area contributed by atoms with Crippen LogP contribution in [0.5, 0.6) is 5.75 Å². The number of hydrogen-bond acceptors (Lipinski definition) is 3. The first kappa shape index (κ1) is 12.3. The molecule has 1 N–H and O–H groups in total. The summed E-state index contributed by atoms with van der Waals surface area (Å²) in [6.45, 7) is -0.941. The zero-order valence-electron chi connectivity index (χ0n) is 8.08. The molecule has 0 radical (unpaired) electrons. The van der Waals surface area contributed by atoms with Gasteiger partial charge < -0.3 is 9.84 Å². The fraction of sp³-hybridized carbons (Fsp3) is 0.300. The van der Waals surface area contributed by atoms with Gasteiger partial charge >= 0.3 is 6.18 Å². The molecule has 0 saturated heterocycles. The smallest absolute Gasteiger partial charge is 0.419 e. The maximum absolute atomic E-state index is 12.5. The largest absolute Gasteiger partial charge is 0.478 e. The van der Waals surface area contributed by atoms with Gasteiger partial charge in [0.15, 0.2) is 6.61 Å². The van der Waals surface area contributed by atoms with E-state index in [1.165, 1.54) is 6.07 Å². The van der Waals surface area contributed by atoms with E-state index in [0.29, 0.717) is 0 Å². The highest BCUT2D eigenvalue weighted by molar-refractivity contribution is 5.39. The summed E-state index contributed by atoms with van der Waals surface area (Å²) < 4.78 is 42.3. The Labute approximate surface area is 89.7 Å². The molecule has 0 amide bonds. The molecule has 6 heteroatoms. The van der Waals surface area contributed by atoms with Gasteiger partial charge in [0.05, 0.1) is 12.2 Å². The normalized spacial score (nSPS) is 10.9. The lowest BCUT2D eigenvalue weighted by Crippen LogP contribution is -2.09. The van der Waals surface area contributed by atoms with E-state index < -0.39 is 30.7 Å². The Hall–Kier alpha value is -1.74. The predicted octanol–water partition coefficient (Wildman–Crippen LogP) is 2.10. The Morgan fingerprint density at radius 2 is 2.06 bits per heavy atom. The van der Waals surface area contributed by atoms with Crippen LogP contribution in [-0.2, 0) is 12.8 Å². The SMILES string of the molecule is N#CCOc1ccc(CO)cc1C(F)(F)F. The zero-order valence-corrected chi connectivity index (χ0v) is 8.08. The third-order valence-corrected chi connectivity index (χ3v) is 1.82. The number of benzene rings is 1. The van der Waals surface area contributed by atoms with E-state index in [9.17, 15) is 13.2 Å². The molecule has 0 aromatic heterocycles. The standard InChI is InChI=1S/C10H8F3NO2/c11-10(12,13)8-5-7(6-15)1-2-9(8)16-4-3-14/h1-2,5,15H,4,6H2. The fourth-order valence-corrected chi connectivity index (χ4v) is 1.13. The monoisotopic (exact) mass is 231 g/mol. The van der Waals surface area contributed by atoms with Crippen molar-refractivity contribution in [1.29, 1.82) is 5.26 Å². The Morgan fingerprint density at radius 1 is 1.38 bits per heavy atom. The minimum atomic E-state index is -4.57. The molecule has 0 aliphatic heterocycles. The van der Waals surface area contributed by atoms with Crippen molar-refractivity contribution in [2.24, 2.45) is 0 Å². The van der Waals surface area contributed by atoms with Crippen LogP contribution < -0.4 is 4.74 Å². The first-order valence-electron chi connectivity index (χ1n) is 4.29. The molecule has 0 bridgehead atoms. The second kappa shape index (κ2) is 4.86. The number of hydrogen-bond donors (Lipinski definition) is 1. The van der Waals surface area contributed by atoms with Crippen LogP contribution in [0.3, 0.4) is 0 Å². The van der Waals surface area contributed by atoms with E-state index in [0.717, 1.165) is 12.1 Å². The van der Waals surface area contributed by atoms with Crippen LogP contribution in [-0.4, -0.2) is 11.7 Å². The van der Waals surface area contributed by atoms with Crippen LogP contribution in [0.2, 0.25) is 0 Å². The van der Waals surface area contributed by atoms with Gasteiger partial charge in [-0.15, -0.1) is 0 Å². The predicted molar refractivity (Wildman–Crippen MR) is 48.5 cm³/mol. The van der Waals surface area contributed by atoms with E-state index in [1.54, 1.807) is 6.07 Å². The molecular weight excluding hydrogens is 223 g/mol. The van der Waals surface area contributed by atoms with Gasteiger partial charge in [0.25, 0.3) is 0 Å². The summed E-state index contributed by atoms with van der Waals surface area (Å²) in [5.74, 6) is -0.411. The number of ether oxygens (including phenoxy) is 1. The maximum atomic E-state index is 12.5. The number of nitriles is 1. The lowest BCUT2D eigenvalue weighted by molar-refractivity contribution is -0.138. The van der Waals surface area contributed by atoms with Crippen LogP contribution in [0.4, 0.5) is 13.2 Å². The Morgan fingerprint density at radius 3 is 2.56 bits per heavy atom. The van der Waals surface area contributed by atoms with Crippen molar-refractivity contribution in [3.63, 3.8) is 0 Å². The summed E-state index contributed by atoms with van der Waals surface area (Å²) >= 11 is 0. The molecule has 3 nitrogen and oxygen atoms in total. The average Bonchev–Trinajstić information content (AvgIpc) is 2.25. The summed E-state index contributed by atoms with van der Waals surface area (Å²) in [7, 11) is 0. The Bertz CT molecular complexity index is 410. The highest BCUT2D eigenvalue weighted by atomic mass is 19.4. The van der Waals surface area contributed by atoms with Gasteiger partial charge in [-0.2, -0.15) is 18.4 Å². The van der Waals surface area contributed by atoms with Gasteiger partial charge in [-0.05, 0) is 17.7 Å². The second-order valence-corrected chi connectivity index (χ2v) is 2.93. The van der Waals surface area contributed by atoms with Gasteiger partial charge in [-0.1, -0.05) is 6.07 Å². The van der Waals surface area contributed by atoms with Gasteiger partial charge in [0.1, 0.15) is 11.8 Å². The minimum Gasteiger partial charge on any atom is -0.478 e. The Kier molecular flexibility index (Phi) is 3.74. The van der Waals surface area contributed by atoms with Crippen molar-refractivity contribution in [3.05, 3.63) is 29.3 Å². The van der Waals surface area contributed by atoms with Crippen molar-refractivity contribution in [2.75, 3.05) is 6.61 Å². The van der Waals surface area contributed by atoms with Crippen LogP contribution in [0, 0.1) is 11.3 Å². The van der Waals surface area contributed by atoms with Gasteiger partial charge in [-0.25, -0.2) is 0 Å². The number of aliphatic hydroxyl groups excluding tert-OH is 1. The highest BCUT2D eigenvalue weighted by Gasteiger charge is 2.34. The quantitative estimate of drug-likeness (QED) is 0.866. The number of alkyl halides is 3. The van der Waals surface area contributed by atoms with Crippen LogP contribution in [0.1, 0.15) is 11.1 Å². The first-order chi connectivity index (χ1) is 7.49. The van der Waals surface area contributed by atoms with Crippen molar-refractivity contribution in [3.8, 4) is 11.8 Å². The minimum absolute atomic E-state index is 0.136. The third kappa shape index (κ3) is 2.87. The summed E-state index contributed by atoms with van der Waals surface area (Å²) in [5, 5.41) is 17.0. The van der Waals surface area contributed by atoms with Crippen LogP contribution >= 0.6 is 0 Å². The van der Waals surface area contributed by atoms with Crippen LogP contribution in [0.15, 0.2) is 18.2 Å². The molecule has 1 aromatic carbocycles. The van der Waals surface area contributed by atoms with E-state index >= 15 is 0 Å². The van der Waals surface area contributed by atoms with Crippen molar-refractivity contribution in [1.82, 2.24) is 0 Å². The second-order valence-electron chi connectivity index (χ2n) is 2.93. The fourth-order valence-electron chi connectivity index (χ4n) is 1.13. The molecule has 0 fully saturated rings. The van der Waals surface area contributed by atoms with Gasteiger partial charge in [0.2, 0.25) is 0 Å². The molecule has 0 heterocycles. The summed E-state index contributed by atoms with van der Waals surface area (Å²) in [4.78, 5) is 0. The highest BCUT2D eigenvalue weighted by Crippen LogP contribution is 2.36. The Balaban J connectivity index is 3.12. The molecule has 0 unspecified atom stereocenters. The van der Waals surface area contributed by atoms with E-state index in [1.807, 2.05) is 0 Å². The van der Waals surface area contributed by atoms with Crippen molar-refractivity contribution >= 4 is 0 Å². The average molecular weight is 231 g/mol. The molecular formula is C10H8F3NO2. The van der Waals surface area contributed by atoms with Gasteiger partial charge in [-0.3, -0.25) is 0 Å². The first-order valence-corrected chi connectivity index (χ1v) is 4.29. The molecule has 1 rings (SSSR count). The zero-order chi connectivity index (χ0) is 12.2. The molecule has 86 valence electrons. The molecule has 0 aliphatic carbocycles. The molecule has 0 spiro atoms. The number of halogens is 3. The van der Waals surface area contributed by atoms with E-state index in [-0.39, 0.29) is 5.56 Å². The van der Waals surface area contributed by atoms with Crippen molar-refractivity contribution in [2.45, 2.75) is 12.8 Å². The topological polar surface area (TPSA) is 53.2 Å². The maximum Gasteiger partial charge on any atom is 0.419 e. The van der Waals surface area contributed by atoms with E-state index in [4.69, 9.17) is 10.4 Å². The summed E-state index contributed by atoms with van der Waals surface area (Å²) in [5.41, 5.74) is -0.856. The third-order valence-electron chi connectivity index (χ3n) is 1.82. The number of aliphatic hydroxyl groups is 1. The van der Waals surface area contributed by atoms with E-state index in [2.05, 4.69) is 4.74 Å². The lowest BCUT2D eigenvalue weighted by atomic mass is 10.1. The molecule has 0 saturated carbocycles. The molecule has 16 heavy (non-hydrogen) atoms. The number of rotatable bonds is 3. The number of nitrogens with zero attached hydrogens (tertiary/aromatic N) is 1. The lowest BCUT2D eigenvalue weighted by Gasteiger charge is -2.13. The molecule has 0 aliphatic rings. The summed E-state index contributed by atoms with van der Waals surface area (Å²) in [6.07, 6.45) is -4.57. The van der Waals surface area contributed by atoms with Crippen molar-refractivity contribution < 1.29 is 23.0 Å². The summed E-state index contributed by atoms with van der Waals surface area (Å²) in [6, 6.07) is 4.78. The van der Waals surface area contributed by atoms with Gasteiger partial charge in [0, 0.05) is 0 Å². The molecule has 0 atom stereocenters.